The SMILES string of the molecule is COc1ccc(C(=O)C2=C=CC=C2)cc1. The standard InChI is InChI=1S/C13H10O2/c1-15-12-8-6-11(7-9-12)13(14)10-4-2-3-5-10/h2-4,6-9H,1H3. The highest BCUT2D eigenvalue weighted by Crippen LogP contribution is 2.15. The molecule has 0 radical (unpaired) electrons. The molecule has 0 aromatic heterocycles. The van der Waals surface area contributed by atoms with E-state index in [2.05, 4.69) is 5.73 Å². The molecule has 0 unspecified atom stereocenters. The maximum atomic E-state index is 11.8. The van der Waals surface area contributed by atoms with Crippen LogP contribution >= 0.6 is 0 Å². The normalized spacial score (nSPS) is 12.7. The van der Waals surface area contributed by atoms with Gasteiger partial charge in [-0.15, -0.1) is 5.73 Å². The molecule has 1 aromatic rings. The maximum Gasteiger partial charge on any atom is 0.200 e. The lowest BCUT2D eigenvalue weighted by Crippen LogP contribution is -1.99. The van der Waals surface area contributed by atoms with Crippen molar-refractivity contribution in [2.75, 3.05) is 7.11 Å². The molecule has 0 fully saturated rings. The minimum Gasteiger partial charge on any atom is -0.497 e. The van der Waals surface area contributed by atoms with Crippen LogP contribution in [0.25, 0.3) is 0 Å². The number of allylic oxidation sites excluding steroid dienone is 3. The van der Waals surface area contributed by atoms with Gasteiger partial charge in [-0.25, -0.2) is 0 Å². The van der Waals surface area contributed by atoms with Gasteiger partial charge < -0.3 is 4.74 Å². The van der Waals surface area contributed by atoms with Crippen molar-refractivity contribution >= 4 is 5.78 Å². The van der Waals surface area contributed by atoms with Gasteiger partial charge in [0.2, 0.25) is 5.78 Å². The third-order valence-corrected chi connectivity index (χ3v) is 2.19. The molecule has 0 spiro atoms. The third kappa shape index (κ3) is 1.90. The summed E-state index contributed by atoms with van der Waals surface area (Å²) in [6.45, 7) is 0. The summed E-state index contributed by atoms with van der Waals surface area (Å²) in [6, 6.07) is 7.05. The first-order valence-corrected chi connectivity index (χ1v) is 4.63. The van der Waals surface area contributed by atoms with E-state index < -0.39 is 0 Å². The molecular formula is C13H10O2. The van der Waals surface area contributed by atoms with E-state index in [0.29, 0.717) is 11.1 Å². The zero-order valence-corrected chi connectivity index (χ0v) is 8.36. The second-order valence-electron chi connectivity index (χ2n) is 3.14. The molecule has 0 atom stereocenters. The van der Waals surface area contributed by atoms with Crippen molar-refractivity contribution in [3.05, 3.63) is 59.4 Å². The lowest BCUT2D eigenvalue weighted by molar-refractivity contribution is 0.103. The Kier molecular flexibility index (Phi) is 2.53. The number of methoxy groups -OCH3 is 1. The molecule has 1 aromatic carbocycles. The van der Waals surface area contributed by atoms with E-state index in [9.17, 15) is 4.79 Å². The Balaban J connectivity index is 2.26. The Morgan fingerprint density at radius 3 is 2.53 bits per heavy atom. The van der Waals surface area contributed by atoms with Gasteiger partial charge in [-0.05, 0) is 36.4 Å². The van der Waals surface area contributed by atoms with Crippen molar-refractivity contribution in [2.45, 2.75) is 0 Å². The molecule has 0 heterocycles. The van der Waals surface area contributed by atoms with Gasteiger partial charge in [-0.2, -0.15) is 0 Å². The van der Waals surface area contributed by atoms with Crippen LogP contribution in [-0.2, 0) is 0 Å². The summed E-state index contributed by atoms with van der Waals surface area (Å²) < 4.78 is 5.02. The number of hydrogen-bond donors (Lipinski definition) is 0. The fourth-order valence-corrected chi connectivity index (χ4v) is 1.37. The van der Waals surface area contributed by atoms with Gasteiger partial charge in [0.1, 0.15) is 5.75 Å². The second-order valence-corrected chi connectivity index (χ2v) is 3.14. The van der Waals surface area contributed by atoms with Gasteiger partial charge in [-0.3, -0.25) is 4.79 Å². The van der Waals surface area contributed by atoms with Crippen LogP contribution < -0.4 is 4.74 Å². The molecule has 2 rings (SSSR count). The monoisotopic (exact) mass is 198 g/mol. The number of rotatable bonds is 3. The number of carbonyl (C=O) groups is 1. The summed E-state index contributed by atoms with van der Waals surface area (Å²) in [5.74, 6) is 0.737. The van der Waals surface area contributed by atoms with Crippen molar-refractivity contribution in [3.8, 4) is 5.75 Å². The predicted molar refractivity (Wildman–Crippen MR) is 58.1 cm³/mol. The van der Waals surface area contributed by atoms with Crippen molar-refractivity contribution in [1.29, 1.82) is 0 Å². The summed E-state index contributed by atoms with van der Waals surface area (Å²) in [4.78, 5) is 11.8. The van der Waals surface area contributed by atoms with E-state index in [1.807, 2.05) is 0 Å². The van der Waals surface area contributed by atoms with Gasteiger partial charge in [0.15, 0.2) is 0 Å². The Labute approximate surface area is 88.2 Å². The van der Waals surface area contributed by atoms with Crippen molar-refractivity contribution in [1.82, 2.24) is 0 Å². The van der Waals surface area contributed by atoms with Crippen molar-refractivity contribution < 1.29 is 9.53 Å². The molecule has 0 bridgehead atoms. The number of ether oxygens (including phenoxy) is 1. The summed E-state index contributed by atoms with van der Waals surface area (Å²) in [7, 11) is 1.60. The van der Waals surface area contributed by atoms with Crippen LogP contribution in [0.1, 0.15) is 10.4 Å². The Morgan fingerprint density at radius 2 is 2.00 bits per heavy atom. The molecule has 1 aliphatic carbocycles. The number of ketones is 1. The summed E-state index contributed by atoms with van der Waals surface area (Å²) in [6.07, 6.45) is 5.29. The highest BCUT2D eigenvalue weighted by atomic mass is 16.5. The van der Waals surface area contributed by atoms with Crippen molar-refractivity contribution in [2.24, 2.45) is 0 Å². The second kappa shape index (κ2) is 3.99. The molecule has 0 aliphatic heterocycles. The lowest BCUT2D eigenvalue weighted by atomic mass is 10.1. The molecule has 1 aliphatic rings. The molecule has 15 heavy (non-hydrogen) atoms. The summed E-state index contributed by atoms with van der Waals surface area (Å²) in [5, 5.41) is 0. The highest BCUT2D eigenvalue weighted by molar-refractivity contribution is 6.10. The average molecular weight is 198 g/mol. The Morgan fingerprint density at radius 1 is 1.27 bits per heavy atom. The average Bonchev–Trinajstić information content (AvgIpc) is 2.82. The van der Waals surface area contributed by atoms with Gasteiger partial charge >= 0.3 is 0 Å². The van der Waals surface area contributed by atoms with E-state index in [0.717, 1.165) is 5.75 Å². The van der Waals surface area contributed by atoms with E-state index in [1.165, 1.54) is 0 Å². The molecule has 0 amide bonds. The van der Waals surface area contributed by atoms with Gasteiger partial charge in [-0.1, -0.05) is 6.08 Å². The molecule has 74 valence electrons. The smallest absolute Gasteiger partial charge is 0.200 e. The highest BCUT2D eigenvalue weighted by Gasteiger charge is 2.10. The fourth-order valence-electron chi connectivity index (χ4n) is 1.37. The number of benzene rings is 1. The fraction of sp³-hybridized carbons (Fsp3) is 0.0769. The number of carbonyl (C=O) groups excluding carboxylic acids is 1. The van der Waals surface area contributed by atoms with Crippen LogP contribution in [0.4, 0.5) is 0 Å². The van der Waals surface area contributed by atoms with Crippen LogP contribution in [0.3, 0.4) is 0 Å². The first-order valence-electron chi connectivity index (χ1n) is 4.63. The minimum atomic E-state index is -0.0114. The van der Waals surface area contributed by atoms with Crippen molar-refractivity contribution in [3.63, 3.8) is 0 Å². The van der Waals surface area contributed by atoms with Crippen LogP contribution in [0.5, 0.6) is 5.75 Å². The Hall–Kier alpha value is -2.05. The van der Waals surface area contributed by atoms with Crippen LogP contribution in [0.2, 0.25) is 0 Å². The molecule has 2 heteroatoms. The zero-order valence-electron chi connectivity index (χ0n) is 8.36. The lowest BCUT2D eigenvalue weighted by Gasteiger charge is -2.01. The molecule has 0 saturated carbocycles. The van der Waals surface area contributed by atoms with E-state index >= 15 is 0 Å². The van der Waals surface area contributed by atoms with Crippen LogP contribution in [0.15, 0.2) is 53.8 Å². The van der Waals surface area contributed by atoms with Gasteiger partial charge in [0, 0.05) is 5.56 Å². The zero-order chi connectivity index (χ0) is 10.7. The quantitative estimate of drug-likeness (QED) is 0.551. The molecule has 0 N–H and O–H groups in total. The van der Waals surface area contributed by atoms with Crippen LogP contribution in [0, 0.1) is 0 Å². The molecule has 2 nitrogen and oxygen atoms in total. The maximum absolute atomic E-state index is 11.8. The number of Topliss-reactive ketones (excluding diaryl/α,β-unsaturated/α-hetero) is 1. The van der Waals surface area contributed by atoms with E-state index in [1.54, 1.807) is 49.6 Å². The topological polar surface area (TPSA) is 26.3 Å². The number of hydrogen-bond acceptors (Lipinski definition) is 2. The van der Waals surface area contributed by atoms with Gasteiger partial charge in [0.05, 0.1) is 12.7 Å². The van der Waals surface area contributed by atoms with Crippen LogP contribution in [-0.4, -0.2) is 12.9 Å². The summed E-state index contributed by atoms with van der Waals surface area (Å²) >= 11 is 0. The van der Waals surface area contributed by atoms with E-state index in [4.69, 9.17) is 4.74 Å². The third-order valence-electron chi connectivity index (χ3n) is 2.19. The molecule has 0 saturated heterocycles. The largest absolute Gasteiger partial charge is 0.497 e. The minimum absolute atomic E-state index is 0.0114. The predicted octanol–water partition coefficient (Wildman–Crippen LogP) is 2.53. The van der Waals surface area contributed by atoms with E-state index in [-0.39, 0.29) is 5.78 Å². The Bertz CT molecular complexity index is 472. The first-order chi connectivity index (χ1) is 7.31. The summed E-state index contributed by atoms with van der Waals surface area (Å²) in [5.41, 5.74) is 4.13. The van der Waals surface area contributed by atoms with Gasteiger partial charge in [0.25, 0.3) is 0 Å². The molecular weight excluding hydrogens is 188 g/mol. The first kappa shape index (κ1) is 9.50.